The quantitative estimate of drug-likeness (QED) is 0.546. The third-order valence-corrected chi connectivity index (χ3v) is 5.53. The van der Waals surface area contributed by atoms with Gasteiger partial charge in [0.2, 0.25) is 0 Å². The lowest BCUT2D eigenvalue weighted by molar-refractivity contribution is 0.0429. The molecule has 1 aliphatic carbocycles. The van der Waals surface area contributed by atoms with Crippen molar-refractivity contribution in [3.05, 3.63) is 0 Å². The largest absolute Gasteiger partial charge is 0.329 e. The van der Waals surface area contributed by atoms with E-state index in [0.29, 0.717) is 5.54 Å². The highest BCUT2D eigenvalue weighted by atomic mass is 15.2. The van der Waals surface area contributed by atoms with Crippen LogP contribution in [0.4, 0.5) is 0 Å². The normalized spacial score (nSPS) is 26.4. The fourth-order valence-corrected chi connectivity index (χ4v) is 3.89. The van der Waals surface area contributed by atoms with Crippen LogP contribution >= 0.6 is 0 Å². The summed E-state index contributed by atoms with van der Waals surface area (Å²) in [5.74, 6) is 0.905. The molecule has 0 heterocycles. The molecule has 0 aromatic carbocycles. The molecule has 0 radical (unpaired) electrons. The van der Waals surface area contributed by atoms with Gasteiger partial charge in [0.05, 0.1) is 0 Å². The molecular weight excluding hydrogens is 256 g/mol. The predicted octanol–water partition coefficient (Wildman–Crippen LogP) is 4.97. The molecule has 0 unspecified atom stereocenters. The number of hydrogen-bond acceptors (Lipinski definition) is 2. The zero-order chi connectivity index (χ0) is 15.6. The molecule has 0 amide bonds. The summed E-state index contributed by atoms with van der Waals surface area (Å²) in [6.07, 6.45) is 15.0. The van der Waals surface area contributed by atoms with Gasteiger partial charge in [-0.05, 0) is 57.5 Å². The number of rotatable bonds is 11. The summed E-state index contributed by atoms with van der Waals surface area (Å²) in [6.45, 7) is 10.4. The van der Waals surface area contributed by atoms with Gasteiger partial charge in [-0.15, -0.1) is 0 Å². The minimum absolute atomic E-state index is 0.325. The van der Waals surface area contributed by atoms with E-state index in [1.165, 1.54) is 83.7 Å². The molecule has 1 fully saturated rings. The molecule has 126 valence electrons. The molecule has 0 bridgehead atoms. The molecule has 1 aliphatic rings. The van der Waals surface area contributed by atoms with Gasteiger partial charge in [-0.2, -0.15) is 0 Å². The summed E-state index contributed by atoms with van der Waals surface area (Å²) in [4.78, 5) is 2.76. The summed E-state index contributed by atoms with van der Waals surface area (Å²) >= 11 is 0. The van der Waals surface area contributed by atoms with Gasteiger partial charge in [0.15, 0.2) is 0 Å². The Morgan fingerprint density at radius 3 is 2.10 bits per heavy atom. The van der Waals surface area contributed by atoms with Crippen LogP contribution in [0.15, 0.2) is 0 Å². The molecule has 21 heavy (non-hydrogen) atoms. The fraction of sp³-hybridized carbons (Fsp3) is 1.00. The Labute approximate surface area is 133 Å². The molecule has 0 spiro atoms. The standard InChI is InChI=1S/C19H40N2/c1-4-6-7-8-9-10-16-21(15-5-2)19(17-20)13-11-18(3)12-14-19/h18H,4-17,20H2,1-3H3. The second-order valence-corrected chi connectivity index (χ2v) is 7.37. The van der Waals surface area contributed by atoms with Gasteiger partial charge in [0.25, 0.3) is 0 Å². The summed E-state index contributed by atoms with van der Waals surface area (Å²) in [7, 11) is 0. The first-order valence-electron chi connectivity index (χ1n) is 9.63. The van der Waals surface area contributed by atoms with Gasteiger partial charge in [0, 0.05) is 12.1 Å². The molecule has 1 rings (SSSR count). The maximum atomic E-state index is 6.24. The van der Waals surface area contributed by atoms with Crippen LogP contribution in [0.25, 0.3) is 0 Å². The van der Waals surface area contributed by atoms with E-state index in [4.69, 9.17) is 5.73 Å². The van der Waals surface area contributed by atoms with Gasteiger partial charge in [-0.1, -0.05) is 52.9 Å². The van der Waals surface area contributed by atoms with Crippen molar-refractivity contribution < 1.29 is 0 Å². The first-order valence-corrected chi connectivity index (χ1v) is 9.63. The molecular formula is C19H40N2. The van der Waals surface area contributed by atoms with Crippen molar-refractivity contribution in [2.75, 3.05) is 19.6 Å². The molecule has 0 saturated heterocycles. The van der Waals surface area contributed by atoms with E-state index in [2.05, 4.69) is 25.7 Å². The van der Waals surface area contributed by atoms with Gasteiger partial charge in [0.1, 0.15) is 0 Å². The predicted molar refractivity (Wildman–Crippen MR) is 94.7 cm³/mol. The first kappa shape index (κ1) is 19.0. The van der Waals surface area contributed by atoms with Crippen LogP contribution in [0.1, 0.15) is 91.4 Å². The average Bonchev–Trinajstić information content (AvgIpc) is 2.51. The molecule has 0 aliphatic heterocycles. The fourth-order valence-electron chi connectivity index (χ4n) is 3.89. The van der Waals surface area contributed by atoms with Gasteiger partial charge in [-0.3, -0.25) is 4.90 Å². The summed E-state index contributed by atoms with van der Waals surface area (Å²) < 4.78 is 0. The van der Waals surface area contributed by atoms with Crippen LogP contribution < -0.4 is 5.73 Å². The third kappa shape index (κ3) is 6.28. The Morgan fingerprint density at radius 2 is 1.52 bits per heavy atom. The summed E-state index contributed by atoms with van der Waals surface area (Å²) in [5, 5.41) is 0. The number of unbranched alkanes of at least 4 members (excludes halogenated alkanes) is 5. The average molecular weight is 297 g/mol. The molecule has 0 aromatic heterocycles. The minimum atomic E-state index is 0.325. The molecule has 0 atom stereocenters. The van der Waals surface area contributed by atoms with Crippen molar-refractivity contribution in [2.45, 2.75) is 96.9 Å². The Kier molecular flexibility index (Phi) is 9.59. The first-order chi connectivity index (χ1) is 10.2. The van der Waals surface area contributed by atoms with E-state index >= 15 is 0 Å². The number of nitrogens with zero attached hydrogens (tertiary/aromatic N) is 1. The zero-order valence-corrected chi connectivity index (χ0v) is 15.0. The number of hydrogen-bond donors (Lipinski definition) is 1. The number of nitrogens with two attached hydrogens (primary N) is 1. The Hall–Kier alpha value is -0.0800. The summed E-state index contributed by atoms with van der Waals surface area (Å²) in [5.41, 5.74) is 6.57. The monoisotopic (exact) mass is 296 g/mol. The van der Waals surface area contributed by atoms with E-state index in [0.717, 1.165) is 12.5 Å². The lowest BCUT2D eigenvalue weighted by atomic mass is 9.75. The Bertz CT molecular complexity index is 244. The topological polar surface area (TPSA) is 29.3 Å². The highest BCUT2D eigenvalue weighted by Gasteiger charge is 2.37. The van der Waals surface area contributed by atoms with Crippen LogP contribution in [0.5, 0.6) is 0 Å². The van der Waals surface area contributed by atoms with Crippen LogP contribution in [-0.2, 0) is 0 Å². The highest BCUT2D eigenvalue weighted by molar-refractivity contribution is 4.95. The Morgan fingerprint density at radius 1 is 0.905 bits per heavy atom. The zero-order valence-electron chi connectivity index (χ0n) is 15.0. The van der Waals surface area contributed by atoms with Crippen LogP contribution in [0, 0.1) is 5.92 Å². The van der Waals surface area contributed by atoms with Crippen molar-refractivity contribution in [2.24, 2.45) is 11.7 Å². The molecule has 2 N–H and O–H groups in total. The van der Waals surface area contributed by atoms with E-state index in [1.807, 2.05) is 0 Å². The maximum Gasteiger partial charge on any atom is 0.0331 e. The van der Waals surface area contributed by atoms with Crippen molar-refractivity contribution in [1.82, 2.24) is 4.90 Å². The van der Waals surface area contributed by atoms with E-state index < -0.39 is 0 Å². The van der Waals surface area contributed by atoms with Gasteiger partial charge in [-0.25, -0.2) is 0 Å². The van der Waals surface area contributed by atoms with Crippen LogP contribution in [0.3, 0.4) is 0 Å². The van der Waals surface area contributed by atoms with Crippen molar-refractivity contribution >= 4 is 0 Å². The molecule has 2 nitrogen and oxygen atoms in total. The molecule has 2 heteroatoms. The van der Waals surface area contributed by atoms with Gasteiger partial charge >= 0.3 is 0 Å². The lowest BCUT2D eigenvalue weighted by Crippen LogP contribution is -2.56. The SMILES string of the molecule is CCCCCCCCN(CCC)C1(CN)CCC(C)CC1. The minimum Gasteiger partial charge on any atom is -0.329 e. The van der Waals surface area contributed by atoms with E-state index in [1.54, 1.807) is 0 Å². The lowest BCUT2D eigenvalue weighted by Gasteiger charge is -2.47. The van der Waals surface area contributed by atoms with Crippen molar-refractivity contribution in [1.29, 1.82) is 0 Å². The Balaban J connectivity index is 2.42. The van der Waals surface area contributed by atoms with Crippen molar-refractivity contribution in [3.63, 3.8) is 0 Å². The molecule has 1 saturated carbocycles. The third-order valence-electron chi connectivity index (χ3n) is 5.53. The van der Waals surface area contributed by atoms with E-state index in [9.17, 15) is 0 Å². The van der Waals surface area contributed by atoms with Crippen LogP contribution in [-0.4, -0.2) is 30.1 Å². The van der Waals surface area contributed by atoms with Crippen molar-refractivity contribution in [3.8, 4) is 0 Å². The molecule has 0 aromatic rings. The smallest absolute Gasteiger partial charge is 0.0331 e. The highest BCUT2D eigenvalue weighted by Crippen LogP contribution is 2.36. The second-order valence-electron chi connectivity index (χ2n) is 7.37. The second kappa shape index (κ2) is 10.6. The van der Waals surface area contributed by atoms with Gasteiger partial charge < -0.3 is 5.73 Å². The summed E-state index contributed by atoms with van der Waals surface area (Å²) in [6, 6.07) is 0. The van der Waals surface area contributed by atoms with Crippen LogP contribution in [0.2, 0.25) is 0 Å². The maximum absolute atomic E-state index is 6.24. The van der Waals surface area contributed by atoms with E-state index in [-0.39, 0.29) is 0 Å².